The number of hydrogen-bond donors (Lipinski definition) is 2. The van der Waals surface area contributed by atoms with Crippen molar-refractivity contribution in [2.24, 2.45) is 0 Å². The Morgan fingerprint density at radius 3 is 2.62 bits per heavy atom. The van der Waals surface area contributed by atoms with E-state index in [1.165, 1.54) is 12.4 Å². The number of ketones is 1. The number of anilines is 1. The van der Waals surface area contributed by atoms with E-state index >= 15 is 0 Å². The Labute approximate surface area is 91.0 Å². The Hall–Kier alpha value is -2.24. The Morgan fingerprint density at radius 2 is 2.12 bits per heavy atom. The summed E-state index contributed by atoms with van der Waals surface area (Å²) in [5, 5.41) is 10.5. The maximum absolute atomic E-state index is 11.0. The lowest BCUT2D eigenvalue weighted by atomic mass is 10.2. The normalized spacial score (nSPS) is 14.8. The van der Waals surface area contributed by atoms with Crippen LogP contribution in [-0.2, 0) is 4.79 Å². The molecule has 1 heterocycles. The van der Waals surface area contributed by atoms with Gasteiger partial charge in [0.2, 0.25) is 0 Å². The molecule has 0 aromatic carbocycles. The molecule has 1 amide bonds. The van der Waals surface area contributed by atoms with Gasteiger partial charge in [0.25, 0.3) is 0 Å². The van der Waals surface area contributed by atoms with Gasteiger partial charge in [0.1, 0.15) is 0 Å². The SMILES string of the molecule is O=C1C=C(c2cnc(NC(=O)O)cn2)CC1. The lowest BCUT2D eigenvalue weighted by Crippen LogP contribution is -2.09. The minimum absolute atomic E-state index is 0.0875. The fourth-order valence-electron chi connectivity index (χ4n) is 1.47. The molecule has 0 saturated carbocycles. The first-order valence-electron chi connectivity index (χ1n) is 4.71. The molecule has 0 fully saturated rings. The van der Waals surface area contributed by atoms with Gasteiger partial charge in [0, 0.05) is 6.42 Å². The van der Waals surface area contributed by atoms with Crippen LogP contribution in [0.15, 0.2) is 18.5 Å². The second kappa shape index (κ2) is 4.09. The topological polar surface area (TPSA) is 92.2 Å². The van der Waals surface area contributed by atoms with E-state index in [4.69, 9.17) is 5.11 Å². The molecule has 1 aromatic rings. The maximum atomic E-state index is 11.0. The number of nitrogens with one attached hydrogen (secondary N) is 1. The highest BCUT2D eigenvalue weighted by atomic mass is 16.4. The van der Waals surface area contributed by atoms with Crippen LogP contribution in [0.25, 0.3) is 5.57 Å². The van der Waals surface area contributed by atoms with E-state index in [2.05, 4.69) is 15.3 Å². The predicted octanol–water partition coefficient (Wildman–Crippen LogP) is 1.31. The molecule has 0 atom stereocenters. The van der Waals surface area contributed by atoms with Gasteiger partial charge in [-0.3, -0.25) is 15.1 Å². The highest BCUT2D eigenvalue weighted by Gasteiger charge is 2.14. The van der Waals surface area contributed by atoms with Crippen molar-refractivity contribution in [1.82, 2.24) is 9.97 Å². The van der Waals surface area contributed by atoms with Crippen LogP contribution in [0.5, 0.6) is 0 Å². The number of carbonyl (C=O) groups excluding carboxylic acids is 1. The number of nitrogens with zero attached hydrogens (tertiary/aromatic N) is 2. The lowest BCUT2D eigenvalue weighted by molar-refractivity contribution is -0.114. The largest absolute Gasteiger partial charge is 0.465 e. The zero-order valence-corrected chi connectivity index (χ0v) is 8.30. The number of rotatable bonds is 2. The second-order valence-corrected chi connectivity index (χ2v) is 3.35. The molecular weight excluding hydrogens is 210 g/mol. The monoisotopic (exact) mass is 219 g/mol. The van der Waals surface area contributed by atoms with Gasteiger partial charge in [-0.15, -0.1) is 0 Å². The number of allylic oxidation sites excluding steroid dienone is 2. The molecule has 0 aliphatic heterocycles. The summed E-state index contributed by atoms with van der Waals surface area (Å²) in [6.45, 7) is 0. The van der Waals surface area contributed by atoms with Crippen LogP contribution in [0.2, 0.25) is 0 Å². The minimum atomic E-state index is -1.18. The first-order chi connectivity index (χ1) is 7.65. The molecule has 0 spiro atoms. The molecule has 16 heavy (non-hydrogen) atoms. The lowest BCUT2D eigenvalue weighted by Gasteiger charge is -2.02. The number of carbonyl (C=O) groups is 2. The Kier molecular flexibility index (Phi) is 2.63. The van der Waals surface area contributed by atoms with Gasteiger partial charge in [-0.1, -0.05) is 0 Å². The van der Waals surface area contributed by atoms with Gasteiger partial charge in [-0.2, -0.15) is 0 Å². The zero-order valence-electron chi connectivity index (χ0n) is 8.30. The molecule has 1 aromatic heterocycles. The second-order valence-electron chi connectivity index (χ2n) is 3.35. The molecule has 6 heteroatoms. The summed E-state index contributed by atoms with van der Waals surface area (Å²) in [5.41, 5.74) is 1.46. The van der Waals surface area contributed by atoms with Crippen molar-refractivity contribution in [2.75, 3.05) is 5.32 Å². The quantitative estimate of drug-likeness (QED) is 0.782. The van der Waals surface area contributed by atoms with Gasteiger partial charge in [-0.25, -0.2) is 9.78 Å². The third-order valence-electron chi connectivity index (χ3n) is 2.19. The molecule has 82 valence electrons. The van der Waals surface area contributed by atoms with E-state index in [1.54, 1.807) is 6.08 Å². The van der Waals surface area contributed by atoms with Crippen LogP contribution in [0.3, 0.4) is 0 Å². The first-order valence-corrected chi connectivity index (χ1v) is 4.71. The van der Waals surface area contributed by atoms with Crippen LogP contribution in [0.1, 0.15) is 18.5 Å². The Morgan fingerprint density at radius 1 is 1.31 bits per heavy atom. The van der Waals surface area contributed by atoms with Crippen molar-refractivity contribution in [3.8, 4) is 0 Å². The molecule has 2 rings (SSSR count). The third-order valence-corrected chi connectivity index (χ3v) is 2.19. The van der Waals surface area contributed by atoms with Crippen LogP contribution in [0.4, 0.5) is 10.6 Å². The molecule has 1 aliphatic rings. The summed E-state index contributed by atoms with van der Waals surface area (Å²) < 4.78 is 0. The zero-order chi connectivity index (χ0) is 11.5. The smallest absolute Gasteiger partial charge is 0.410 e. The molecule has 6 nitrogen and oxygen atoms in total. The van der Waals surface area contributed by atoms with Crippen LogP contribution < -0.4 is 5.32 Å². The van der Waals surface area contributed by atoms with Gasteiger partial charge < -0.3 is 5.11 Å². The summed E-state index contributed by atoms with van der Waals surface area (Å²) in [6, 6.07) is 0. The third kappa shape index (κ3) is 2.22. The van der Waals surface area contributed by atoms with Crippen molar-refractivity contribution in [3.63, 3.8) is 0 Å². The number of aromatic nitrogens is 2. The summed E-state index contributed by atoms with van der Waals surface area (Å²) in [7, 11) is 0. The van der Waals surface area contributed by atoms with Crippen LogP contribution in [0, 0.1) is 0 Å². The number of amides is 1. The van der Waals surface area contributed by atoms with E-state index in [9.17, 15) is 9.59 Å². The molecule has 2 N–H and O–H groups in total. The van der Waals surface area contributed by atoms with Gasteiger partial charge in [-0.05, 0) is 18.1 Å². The van der Waals surface area contributed by atoms with Gasteiger partial charge >= 0.3 is 6.09 Å². The summed E-state index contributed by atoms with van der Waals surface area (Å²) in [6.07, 6.45) is 4.32. The molecule has 0 radical (unpaired) electrons. The van der Waals surface area contributed by atoms with E-state index in [1.807, 2.05) is 0 Å². The van der Waals surface area contributed by atoms with Crippen molar-refractivity contribution >= 4 is 23.3 Å². The average molecular weight is 219 g/mol. The minimum Gasteiger partial charge on any atom is -0.465 e. The first kappa shape index (κ1) is 10.3. The average Bonchev–Trinajstić information content (AvgIpc) is 2.65. The summed E-state index contributed by atoms with van der Waals surface area (Å²) >= 11 is 0. The molecule has 1 aliphatic carbocycles. The van der Waals surface area contributed by atoms with E-state index < -0.39 is 6.09 Å². The van der Waals surface area contributed by atoms with E-state index in [0.717, 1.165) is 5.57 Å². The summed E-state index contributed by atoms with van der Waals surface area (Å²) in [4.78, 5) is 29.3. The van der Waals surface area contributed by atoms with Crippen LogP contribution in [-0.4, -0.2) is 27.0 Å². The van der Waals surface area contributed by atoms with Crippen molar-refractivity contribution in [2.45, 2.75) is 12.8 Å². The molecule has 0 unspecified atom stereocenters. The van der Waals surface area contributed by atoms with E-state index in [-0.39, 0.29) is 11.6 Å². The van der Waals surface area contributed by atoms with Gasteiger partial charge in [0.15, 0.2) is 11.6 Å². The maximum Gasteiger partial charge on any atom is 0.410 e. The Bertz CT molecular complexity index is 465. The highest BCUT2D eigenvalue weighted by Crippen LogP contribution is 2.23. The van der Waals surface area contributed by atoms with Crippen LogP contribution >= 0.6 is 0 Å². The number of hydrogen-bond acceptors (Lipinski definition) is 4. The fourth-order valence-corrected chi connectivity index (χ4v) is 1.47. The predicted molar refractivity (Wildman–Crippen MR) is 55.9 cm³/mol. The molecular formula is C10H9N3O3. The van der Waals surface area contributed by atoms with Crippen molar-refractivity contribution in [3.05, 3.63) is 24.2 Å². The number of carboxylic acid groups (broad SMARTS) is 1. The molecule has 0 bridgehead atoms. The van der Waals surface area contributed by atoms with Crippen molar-refractivity contribution < 1.29 is 14.7 Å². The molecule has 0 saturated heterocycles. The van der Waals surface area contributed by atoms with E-state index in [0.29, 0.717) is 18.5 Å². The Balaban J connectivity index is 2.16. The van der Waals surface area contributed by atoms with Gasteiger partial charge in [0.05, 0.1) is 18.1 Å². The summed E-state index contributed by atoms with van der Waals surface area (Å²) in [5.74, 6) is 0.255. The van der Waals surface area contributed by atoms with Crippen molar-refractivity contribution in [1.29, 1.82) is 0 Å². The standard InChI is InChI=1S/C10H9N3O3/c14-7-2-1-6(3-7)8-4-12-9(5-11-8)13-10(15)16/h3-5H,1-2H2,(H,12,13)(H,15,16). The fraction of sp³-hybridized carbons (Fsp3) is 0.200. The highest BCUT2D eigenvalue weighted by molar-refractivity contribution is 6.01.